The van der Waals surface area contributed by atoms with Gasteiger partial charge in [-0.1, -0.05) is 6.07 Å². The third-order valence-electron chi connectivity index (χ3n) is 4.34. The fourth-order valence-electron chi connectivity index (χ4n) is 2.98. The molecule has 0 radical (unpaired) electrons. The largest absolute Gasteiger partial charge is 0.416 e. The number of aryl methyl sites for hydroxylation is 1. The van der Waals surface area contributed by atoms with Crippen LogP contribution in [0.3, 0.4) is 0 Å². The Kier molecular flexibility index (Phi) is 3.91. The first-order valence-corrected chi connectivity index (χ1v) is 8.12. The van der Waals surface area contributed by atoms with E-state index in [0.29, 0.717) is 22.4 Å². The summed E-state index contributed by atoms with van der Waals surface area (Å²) in [5.74, 6) is -0.294. The second-order valence-corrected chi connectivity index (χ2v) is 6.12. The predicted octanol–water partition coefficient (Wildman–Crippen LogP) is 3.03. The molecule has 0 bridgehead atoms. The molecule has 10 heteroatoms. The second kappa shape index (κ2) is 6.19. The van der Waals surface area contributed by atoms with Gasteiger partial charge in [-0.3, -0.25) is 9.36 Å². The smallest absolute Gasteiger partial charge is 0.364 e. The summed E-state index contributed by atoms with van der Waals surface area (Å²) in [6.45, 7) is 1.68. The van der Waals surface area contributed by atoms with Crippen LogP contribution in [0.4, 0.5) is 13.2 Å². The first kappa shape index (κ1) is 17.7. The molecule has 0 unspecified atom stereocenters. The van der Waals surface area contributed by atoms with Gasteiger partial charge >= 0.3 is 6.18 Å². The van der Waals surface area contributed by atoms with Crippen molar-refractivity contribution in [3.63, 3.8) is 0 Å². The van der Waals surface area contributed by atoms with Crippen molar-refractivity contribution in [2.75, 3.05) is 0 Å². The molecule has 0 aliphatic rings. The Labute approximate surface area is 156 Å². The lowest BCUT2D eigenvalue weighted by molar-refractivity contribution is -0.137. The normalized spacial score (nSPS) is 11.9. The standard InChI is InChI=1S/C18H13F3N6O/c1-10-4-5-11(18(19,20)21)7-14(10)27-17-12(8-25-27)16(23-9-24-17)26-6-2-3-13(26)15(22)28/h2-9H,1H3,(H2,22,28). The monoisotopic (exact) mass is 386 g/mol. The third-order valence-corrected chi connectivity index (χ3v) is 4.34. The highest BCUT2D eigenvalue weighted by Gasteiger charge is 2.31. The predicted molar refractivity (Wildman–Crippen MR) is 94.2 cm³/mol. The lowest BCUT2D eigenvalue weighted by Gasteiger charge is -2.12. The zero-order valence-electron chi connectivity index (χ0n) is 14.5. The number of nitrogens with two attached hydrogens (primary N) is 1. The molecule has 0 saturated heterocycles. The van der Waals surface area contributed by atoms with Crippen LogP contribution in [-0.2, 0) is 6.18 Å². The topological polar surface area (TPSA) is 91.6 Å². The number of hydrogen-bond acceptors (Lipinski definition) is 4. The molecule has 7 nitrogen and oxygen atoms in total. The highest BCUT2D eigenvalue weighted by molar-refractivity contribution is 5.93. The minimum Gasteiger partial charge on any atom is -0.364 e. The number of fused-ring (bicyclic) bond motifs is 1. The highest BCUT2D eigenvalue weighted by atomic mass is 19.4. The number of carbonyl (C=O) groups excluding carboxylic acids is 1. The molecule has 0 atom stereocenters. The molecular formula is C18H13F3N6O. The third kappa shape index (κ3) is 2.79. The molecule has 0 spiro atoms. The Hall–Kier alpha value is -3.69. The van der Waals surface area contributed by atoms with E-state index in [1.807, 2.05) is 0 Å². The van der Waals surface area contributed by atoms with Crippen LogP contribution < -0.4 is 5.73 Å². The van der Waals surface area contributed by atoms with Crippen LogP contribution in [0, 0.1) is 6.92 Å². The van der Waals surface area contributed by atoms with Gasteiger partial charge in [0.05, 0.1) is 22.8 Å². The number of rotatable bonds is 3. The van der Waals surface area contributed by atoms with Gasteiger partial charge in [0.25, 0.3) is 5.91 Å². The van der Waals surface area contributed by atoms with E-state index in [-0.39, 0.29) is 11.4 Å². The molecule has 28 heavy (non-hydrogen) atoms. The maximum Gasteiger partial charge on any atom is 0.416 e. The van der Waals surface area contributed by atoms with E-state index in [4.69, 9.17) is 5.73 Å². The molecule has 4 aromatic rings. The maximum atomic E-state index is 13.1. The van der Waals surface area contributed by atoms with Crippen LogP contribution in [0.5, 0.6) is 0 Å². The first-order chi connectivity index (χ1) is 13.3. The summed E-state index contributed by atoms with van der Waals surface area (Å²) in [6.07, 6.45) is -0.180. The van der Waals surface area contributed by atoms with Crippen molar-refractivity contribution in [2.45, 2.75) is 13.1 Å². The number of amides is 1. The van der Waals surface area contributed by atoms with Crippen LogP contribution in [-0.4, -0.2) is 30.2 Å². The summed E-state index contributed by atoms with van der Waals surface area (Å²) >= 11 is 0. The Balaban J connectivity index is 1.93. The summed E-state index contributed by atoms with van der Waals surface area (Å²) in [7, 11) is 0. The van der Waals surface area contributed by atoms with Crippen molar-refractivity contribution in [1.29, 1.82) is 0 Å². The number of aromatic nitrogens is 5. The Morgan fingerprint density at radius 2 is 1.96 bits per heavy atom. The Morgan fingerprint density at radius 1 is 1.18 bits per heavy atom. The van der Waals surface area contributed by atoms with Crippen molar-refractivity contribution in [3.05, 3.63) is 65.9 Å². The number of alkyl halides is 3. The van der Waals surface area contributed by atoms with Gasteiger partial charge in [-0.2, -0.15) is 18.3 Å². The molecule has 4 rings (SSSR count). The molecule has 3 aromatic heterocycles. The molecule has 1 amide bonds. The van der Waals surface area contributed by atoms with Gasteiger partial charge in [-0.05, 0) is 36.8 Å². The number of carbonyl (C=O) groups is 1. The van der Waals surface area contributed by atoms with Crippen molar-refractivity contribution in [1.82, 2.24) is 24.3 Å². The fourth-order valence-corrected chi connectivity index (χ4v) is 2.98. The average molecular weight is 386 g/mol. The summed E-state index contributed by atoms with van der Waals surface area (Å²) < 4.78 is 42.2. The zero-order valence-corrected chi connectivity index (χ0v) is 14.5. The van der Waals surface area contributed by atoms with E-state index < -0.39 is 17.6 Å². The summed E-state index contributed by atoms with van der Waals surface area (Å²) in [6, 6.07) is 6.59. The maximum absolute atomic E-state index is 13.1. The van der Waals surface area contributed by atoms with E-state index in [9.17, 15) is 18.0 Å². The molecule has 0 fully saturated rings. The number of benzene rings is 1. The number of primary amides is 1. The van der Waals surface area contributed by atoms with E-state index in [0.717, 1.165) is 12.1 Å². The fraction of sp³-hybridized carbons (Fsp3) is 0.111. The van der Waals surface area contributed by atoms with E-state index in [1.54, 1.807) is 19.2 Å². The van der Waals surface area contributed by atoms with Crippen LogP contribution in [0.1, 0.15) is 21.6 Å². The van der Waals surface area contributed by atoms with Gasteiger partial charge in [0, 0.05) is 6.20 Å². The highest BCUT2D eigenvalue weighted by Crippen LogP contribution is 2.32. The van der Waals surface area contributed by atoms with Crippen LogP contribution in [0.2, 0.25) is 0 Å². The first-order valence-electron chi connectivity index (χ1n) is 8.12. The quantitative estimate of drug-likeness (QED) is 0.586. The summed E-state index contributed by atoms with van der Waals surface area (Å²) in [4.78, 5) is 20.0. The summed E-state index contributed by atoms with van der Waals surface area (Å²) in [5.41, 5.74) is 5.95. The zero-order chi connectivity index (χ0) is 20.1. The van der Waals surface area contributed by atoms with Crippen molar-refractivity contribution < 1.29 is 18.0 Å². The molecule has 0 aliphatic carbocycles. The van der Waals surface area contributed by atoms with Gasteiger partial charge < -0.3 is 5.73 Å². The second-order valence-electron chi connectivity index (χ2n) is 6.12. The van der Waals surface area contributed by atoms with Crippen molar-refractivity contribution >= 4 is 16.9 Å². The van der Waals surface area contributed by atoms with Gasteiger partial charge in [-0.25, -0.2) is 14.6 Å². The Bertz CT molecular complexity index is 1210. The van der Waals surface area contributed by atoms with Gasteiger partial charge in [0.2, 0.25) is 0 Å². The molecule has 0 aliphatic heterocycles. The van der Waals surface area contributed by atoms with Gasteiger partial charge in [-0.15, -0.1) is 0 Å². The molecule has 2 N–H and O–H groups in total. The number of halogens is 3. The molecule has 0 saturated carbocycles. The van der Waals surface area contributed by atoms with Crippen LogP contribution >= 0.6 is 0 Å². The number of hydrogen-bond donors (Lipinski definition) is 1. The summed E-state index contributed by atoms with van der Waals surface area (Å²) in [5, 5.41) is 4.67. The minimum atomic E-state index is -4.48. The van der Waals surface area contributed by atoms with Crippen molar-refractivity contribution in [3.8, 4) is 11.5 Å². The average Bonchev–Trinajstić information content (AvgIpc) is 3.28. The molecular weight excluding hydrogens is 373 g/mol. The molecule has 1 aromatic carbocycles. The molecule has 3 heterocycles. The lowest BCUT2D eigenvalue weighted by atomic mass is 10.1. The van der Waals surface area contributed by atoms with E-state index in [1.165, 1.54) is 33.9 Å². The van der Waals surface area contributed by atoms with Crippen molar-refractivity contribution in [2.24, 2.45) is 5.73 Å². The van der Waals surface area contributed by atoms with Crippen LogP contribution in [0.25, 0.3) is 22.5 Å². The van der Waals surface area contributed by atoms with E-state index in [2.05, 4.69) is 15.1 Å². The van der Waals surface area contributed by atoms with Gasteiger partial charge in [0.15, 0.2) is 11.5 Å². The van der Waals surface area contributed by atoms with E-state index >= 15 is 0 Å². The van der Waals surface area contributed by atoms with Crippen LogP contribution in [0.15, 0.2) is 49.1 Å². The minimum absolute atomic E-state index is 0.211. The SMILES string of the molecule is Cc1ccc(C(F)(F)F)cc1-n1ncc2c(-n3cccc3C(N)=O)ncnc21. The number of nitrogens with zero attached hydrogens (tertiary/aromatic N) is 5. The molecule has 142 valence electrons. The Morgan fingerprint density at radius 3 is 2.68 bits per heavy atom. The van der Waals surface area contributed by atoms with Gasteiger partial charge in [0.1, 0.15) is 12.0 Å². The lowest BCUT2D eigenvalue weighted by Crippen LogP contribution is -2.16.